The van der Waals surface area contributed by atoms with E-state index in [1.807, 2.05) is 30.0 Å². The molecule has 3 aromatic rings. The molecule has 0 atom stereocenters. The fourth-order valence-electron chi connectivity index (χ4n) is 3.24. The molecule has 130 valence electrons. The van der Waals surface area contributed by atoms with Gasteiger partial charge in [-0.15, -0.1) is 0 Å². The molecule has 0 aromatic carbocycles. The molecule has 0 spiro atoms. The van der Waals surface area contributed by atoms with E-state index in [2.05, 4.69) is 21.9 Å². The normalized spacial score (nSPS) is 15.8. The summed E-state index contributed by atoms with van der Waals surface area (Å²) in [7, 11) is 0. The summed E-state index contributed by atoms with van der Waals surface area (Å²) in [6.45, 7) is 8.35. The van der Waals surface area contributed by atoms with Gasteiger partial charge in [-0.1, -0.05) is 6.92 Å². The van der Waals surface area contributed by atoms with Crippen LogP contribution >= 0.6 is 0 Å². The summed E-state index contributed by atoms with van der Waals surface area (Å²) in [5, 5.41) is 4.39. The number of hydrogen-bond donors (Lipinski definition) is 0. The number of rotatable bonds is 3. The molecule has 1 fully saturated rings. The fourth-order valence-corrected chi connectivity index (χ4v) is 3.24. The van der Waals surface area contributed by atoms with Gasteiger partial charge >= 0.3 is 0 Å². The summed E-state index contributed by atoms with van der Waals surface area (Å²) >= 11 is 0. The first-order chi connectivity index (χ1) is 12.2. The molecule has 7 heteroatoms. The first kappa shape index (κ1) is 15.8. The van der Waals surface area contributed by atoms with Crippen LogP contribution in [0.1, 0.15) is 23.0 Å². The Labute approximate surface area is 145 Å². The number of hydrogen-bond acceptors (Lipinski definition) is 5. The van der Waals surface area contributed by atoms with Gasteiger partial charge in [0.15, 0.2) is 11.4 Å². The van der Waals surface area contributed by atoms with Gasteiger partial charge in [0.1, 0.15) is 17.0 Å². The Morgan fingerprint density at radius 3 is 2.68 bits per heavy atom. The van der Waals surface area contributed by atoms with Crippen molar-refractivity contribution in [1.29, 1.82) is 0 Å². The summed E-state index contributed by atoms with van der Waals surface area (Å²) in [5.74, 6) is 1.53. The molecule has 3 aromatic heterocycles. The van der Waals surface area contributed by atoms with Crippen LogP contribution in [0.5, 0.6) is 0 Å². The van der Waals surface area contributed by atoms with Crippen molar-refractivity contribution < 1.29 is 9.21 Å². The third kappa shape index (κ3) is 2.80. The van der Waals surface area contributed by atoms with Crippen LogP contribution in [-0.4, -0.2) is 63.0 Å². The van der Waals surface area contributed by atoms with Crippen molar-refractivity contribution in [2.45, 2.75) is 13.8 Å². The Hall–Kier alpha value is -2.67. The highest BCUT2D eigenvalue weighted by Crippen LogP contribution is 2.23. The smallest absolute Gasteiger partial charge is 0.259 e. The van der Waals surface area contributed by atoms with E-state index in [1.165, 1.54) is 0 Å². The average Bonchev–Trinajstić information content (AvgIpc) is 3.27. The molecular weight excluding hydrogens is 318 g/mol. The Morgan fingerprint density at radius 2 is 2.00 bits per heavy atom. The topological polar surface area (TPSA) is 66.9 Å². The highest BCUT2D eigenvalue weighted by atomic mass is 16.3. The maximum absolute atomic E-state index is 12.9. The van der Waals surface area contributed by atoms with Crippen LogP contribution in [-0.2, 0) is 0 Å². The molecular formula is C18H21N5O2. The summed E-state index contributed by atoms with van der Waals surface area (Å²) in [6.07, 6.45) is 3.30. The van der Waals surface area contributed by atoms with E-state index < -0.39 is 0 Å². The molecule has 0 aliphatic carbocycles. The third-order valence-corrected chi connectivity index (χ3v) is 4.73. The van der Waals surface area contributed by atoms with Crippen LogP contribution in [0.3, 0.4) is 0 Å². The minimum absolute atomic E-state index is 0.00831. The zero-order valence-corrected chi connectivity index (χ0v) is 14.5. The van der Waals surface area contributed by atoms with Gasteiger partial charge < -0.3 is 14.2 Å². The molecule has 0 bridgehead atoms. The van der Waals surface area contributed by atoms with Gasteiger partial charge in [0.05, 0.1) is 6.20 Å². The molecule has 7 nitrogen and oxygen atoms in total. The van der Waals surface area contributed by atoms with Crippen molar-refractivity contribution in [2.24, 2.45) is 0 Å². The van der Waals surface area contributed by atoms with Gasteiger partial charge in [0, 0.05) is 32.4 Å². The maximum atomic E-state index is 12.9. The molecule has 25 heavy (non-hydrogen) atoms. The zero-order valence-electron chi connectivity index (χ0n) is 14.5. The van der Waals surface area contributed by atoms with E-state index in [9.17, 15) is 4.79 Å². The van der Waals surface area contributed by atoms with E-state index in [0.29, 0.717) is 17.0 Å². The highest BCUT2D eigenvalue weighted by Gasteiger charge is 2.25. The van der Waals surface area contributed by atoms with Crippen molar-refractivity contribution in [3.8, 4) is 11.5 Å². The Balaban J connectivity index is 1.66. The van der Waals surface area contributed by atoms with Crippen LogP contribution in [0.2, 0.25) is 0 Å². The monoisotopic (exact) mass is 339 g/mol. The Bertz CT molecular complexity index is 905. The predicted molar refractivity (Wildman–Crippen MR) is 93.4 cm³/mol. The summed E-state index contributed by atoms with van der Waals surface area (Å²) in [5.41, 5.74) is 1.89. The zero-order chi connectivity index (χ0) is 17.4. The molecule has 0 saturated carbocycles. The van der Waals surface area contributed by atoms with E-state index in [4.69, 9.17) is 4.42 Å². The predicted octanol–water partition coefficient (Wildman–Crippen LogP) is 2.08. The molecule has 0 radical (unpaired) electrons. The second kappa shape index (κ2) is 6.33. The quantitative estimate of drug-likeness (QED) is 0.731. The van der Waals surface area contributed by atoms with Crippen molar-refractivity contribution in [3.05, 3.63) is 41.9 Å². The SMILES string of the molecule is CCN1CCN(C(=O)c2cnn3c(-c4ccc(C)o4)ccnc23)CC1. The minimum atomic E-state index is -0.00831. The van der Waals surface area contributed by atoms with Crippen molar-refractivity contribution in [1.82, 2.24) is 24.4 Å². The Kier molecular flexibility index (Phi) is 4.01. The van der Waals surface area contributed by atoms with Crippen LogP contribution < -0.4 is 0 Å². The van der Waals surface area contributed by atoms with E-state index >= 15 is 0 Å². The molecule has 1 aliphatic heterocycles. The molecule has 4 heterocycles. The number of aryl methyl sites for hydroxylation is 1. The maximum Gasteiger partial charge on any atom is 0.259 e. The van der Waals surface area contributed by atoms with Crippen LogP contribution in [0.4, 0.5) is 0 Å². The first-order valence-corrected chi connectivity index (χ1v) is 8.58. The van der Waals surface area contributed by atoms with Gasteiger partial charge in [0.2, 0.25) is 0 Å². The molecule has 4 rings (SSSR count). The summed E-state index contributed by atoms with van der Waals surface area (Å²) < 4.78 is 7.37. The second-order valence-corrected chi connectivity index (χ2v) is 6.26. The first-order valence-electron chi connectivity index (χ1n) is 8.58. The number of piperazine rings is 1. The van der Waals surface area contributed by atoms with E-state index in [0.717, 1.165) is 44.2 Å². The van der Waals surface area contributed by atoms with Crippen molar-refractivity contribution in [2.75, 3.05) is 32.7 Å². The number of carbonyl (C=O) groups excluding carboxylic acids is 1. The third-order valence-electron chi connectivity index (χ3n) is 4.73. The van der Waals surface area contributed by atoms with E-state index in [-0.39, 0.29) is 5.91 Å². The van der Waals surface area contributed by atoms with Crippen molar-refractivity contribution >= 4 is 11.6 Å². The number of aromatic nitrogens is 3. The molecule has 1 saturated heterocycles. The number of fused-ring (bicyclic) bond motifs is 1. The second-order valence-electron chi connectivity index (χ2n) is 6.26. The lowest BCUT2D eigenvalue weighted by atomic mass is 10.2. The average molecular weight is 339 g/mol. The highest BCUT2D eigenvalue weighted by molar-refractivity contribution is 6.00. The Morgan fingerprint density at radius 1 is 1.20 bits per heavy atom. The van der Waals surface area contributed by atoms with Crippen LogP contribution in [0, 0.1) is 6.92 Å². The number of carbonyl (C=O) groups is 1. The fraction of sp³-hybridized carbons (Fsp3) is 0.389. The molecule has 0 N–H and O–H groups in total. The number of amides is 1. The minimum Gasteiger partial charge on any atom is -0.460 e. The summed E-state index contributed by atoms with van der Waals surface area (Å²) in [6, 6.07) is 5.65. The van der Waals surface area contributed by atoms with Gasteiger partial charge in [-0.05, 0) is 31.7 Å². The molecule has 1 amide bonds. The lowest BCUT2D eigenvalue weighted by molar-refractivity contribution is 0.0645. The lowest BCUT2D eigenvalue weighted by Gasteiger charge is -2.33. The number of nitrogens with zero attached hydrogens (tertiary/aromatic N) is 5. The van der Waals surface area contributed by atoms with Crippen LogP contribution in [0.25, 0.3) is 17.1 Å². The van der Waals surface area contributed by atoms with Gasteiger partial charge in [-0.2, -0.15) is 5.10 Å². The van der Waals surface area contributed by atoms with Gasteiger partial charge in [0.25, 0.3) is 5.91 Å². The van der Waals surface area contributed by atoms with Gasteiger partial charge in [-0.25, -0.2) is 9.50 Å². The van der Waals surface area contributed by atoms with Crippen LogP contribution in [0.15, 0.2) is 35.0 Å². The summed E-state index contributed by atoms with van der Waals surface area (Å²) in [4.78, 5) is 21.5. The largest absolute Gasteiger partial charge is 0.460 e. The van der Waals surface area contributed by atoms with Gasteiger partial charge in [-0.3, -0.25) is 4.79 Å². The standard InChI is InChI=1S/C18H21N5O2/c1-3-21-8-10-22(11-9-21)18(24)14-12-20-23-15(6-7-19-17(14)23)16-5-4-13(2)25-16/h4-7,12H,3,8-11H2,1-2H3. The number of furan rings is 1. The van der Waals surface area contributed by atoms with Crippen molar-refractivity contribution in [3.63, 3.8) is 0 Å². The molecule has 1 aliphatic rings. The van der Waals surface area contributed by atoms with E-state index in [1.54, 1.807) is 16.9 Å². The molecule has 0 unspecified atom stereocenters. The lowest BCUT2D eigenvalue weighted by Crippen LogP contribution is -2.48. The number of likely N-dealkylation sites (N-methyl/N-ethyl adjacent to an activating group) is 1.